The number of benzene rings is 4. The van der Waals surface area contributed by atoms with E-state index in [9.17, 15) is 28.8 Å². The lowest BCUT2D eigenvalue weighted by Gasteiger charge is -2.26. The SMILES string of the molecule is CC(C)(C)c1cc2c(O)c(c1)S(=O)c1cc(C(C)(C)C)cc(c1O)Cc1cc(C(C)(C)C)cc(c1O)S(=O)c1cc(C(C)(C)C)cc(c1O)C2. The first kappa shape index (κ1) is 37.6. The lowest BCUT2D eigenvalue weighted by Crippen LogP contribution is -2.16. The molecule has 268 valence electrons. The zero-order valence-electron chi connectivity index (χ0n) is 31.5. The van der Waals surface area contributed by atoms with Crippen molar-refractivity contribution in [1.29, 1.82) is 0 Å². The van der Waals surface area contributed by atoms with Gasteiger partial charge in [0.1, 0.15) is 23.0 Å². The third-order valence-corrected chi connectivity index (χ3v) is 12.5. The average Bonchev–Trinajstić information content (AvgIpc) is 2.97. The monoisotopic (exact) mass is 716 g/mol. The van der Waals surface area contributed by atoms with Crippen molar-refractivity contribution in [1.82, 2.24) is 0 Å². The number of hydrogen-bond acceptors (Lipinski definition) is 6. The Balaban J connectivity index is 1.97. The summed E-state index contributed by atoms with van der Waals surface area (Å²) < 4.78 is 29.4. The van der Waals surface area contributed by atoms with Crippen LogP contribution in [0, 0.1) is 0 Å². The lowest BCUT2D eigenvalue weighted by molar-refractivity contribution is 0.443. The van der Waals surface area contributed by atoms with Gasteiger partial charge in [0.15, 0.2) is 0 Å². The van der Waals surface area contributed by atoms with Crippen molar-refractivity contribution in [3.63, 3.8) is 0 Å². The average molecular weight is 717 g/mol. The Bertz CT molecular complexity index is 1770. The maximum atomic E-state index is 14.7. The molecule has 0 spiro atoms. The van der Waals surface area contributed by atoms with E-state index in [1.165, 1.54) is 0 Å². The molecule has 8 bridgehead atoms. The number of phenols is 4. The Morgan fingerprint density at radius 1 is 0.380 bits per heavy atom. The van der Waals surface area contributed by atoms with Gasteiger partial charge in [-0.1, -0.05) is 107 Å². The van der Waals surface area contributed by atoms with Crippen LogP contribution in [0.4, 0.5) is 0 Å². The number of rotatable bonds is 0. The van der Waals surface area contributed by atoms with Crippen LogP contribution >= 0.6 is 0 Å². The molecule has 0 unspecified atom stereocenters. The molecule has 0 atom stereocenters. The molecular weight excluding hydrogens is 665 g/mol. The third-order valence-electron chi connectivity index (χ3n) is 9.64. The molecule has 0 aromatic heterocycles. The molecule has 1 heterocycles. The summed E-state index contributed by atoms with van der Waals surface area (Å²) >= 11 is 0. The zero-order valence-corrected chi connectivity index (χ0v) is 33.1. The molecule has 1 aliphatic heterocycles. The van der Waals surface area contributed by atoms with E-state index >= 15 is 0 Å². The van der Waals surface area contributed by atoms with Gasteiger partial charge in [0.2, 0.25) is 0 Å². The first-order valence-electron chi connectivity index (χ1n) is 17.1. The molecule has 0 radical (unpaired) electrons. The van der Waals surface area contributed by atoms with Crippen LogP contribution in [0.2, 0.25) is 0 Å². The van der Waals surface area contributed by atoms with Gasteiger partial charge in [0, 0.05) is 12.8 Å². The van der Waals surface area contributed by atoms with Crippen LogP contribution < -0.4 is 0 Å². The Morgan fingerprint density at radius 3 is 0.720 bits per heavy atom. The van der Waals surface area contributed by atoms with Crippen LogP contribution in [0.3, 0.4) is 0 Å². The molecule has 4 aromatic rings. The van der Waals surface area contributed by atoms with Crippen molar-refractivity contribution in [2.24, 2.45) is 0 Å². The maximum absolute atomic E-state index is 14.7. The van der Waals surface area contributed by atoms with E-state index in [1.54, 1.807) is 24.3 Å². The minimum Gasteiger partial charge on any atom is -0.506 e. The second kappa shape index (κ2) is 12.6. The molecule has 4 N–H and O–H groups in total. The van der Waals surface area contributed by atoms with Gasteiger partial charge in [-0.05, 0) is 90.4 Å². The highest BCUT2D eigenvalue weighted by Crippen LogP contribution is 2.45. The molecule has 0 saturated heterocycles. The van der Waals surface area contributed by atoms with Gasteiger partial charge in [0.05, 0.1) is 41.2 Å². The predicted molar refractivity (Wildman–Crippen MR) is 202 cm³/mol. The van der Waals surface area contributed by atoms with E-state index < -0.39 is 43.3 Å². The lowest BCUT2D eigenvalue weighted by atomic mass is 9.83. The Hall–Kier alpha value is -3.62. The molecule has 6 nitrogen and oxygen atoms in total. The zero-order chi connectivity index (χ0) is 37.5. The molecule has 0 fully saturated rings. The molecule has 5 rings (SSSR count). The number of fused-ring (bicyclic) bond motifs is 8. The van der Waals surface area contributed by atoms with Gasteiger partial charge in [-0.2, -0.15) is 0 Å². The molecule has 1 aliphatic rings. The highest BCUT2D eigenvalue weighted by Gasteiger charge is 2.31. The number of hydrogen-bond donors (Lipinski definition) is 4. The molecule has 0 amide bonds. The fraction of sp³-hybridized carbons (Fsp3) is 0.429. The Labute approximate surface area is 302 Å². The molecule has 8 heteroatoms. The molecule has 4 aromatic carbocycles. The van der Waals surface area contributed by atoms with Gasteiger partial charge in [0.25, 0.3) is 0 Å². The van der Waals surface area contributed by atoms with Crippen molar-refractivity contribution >= 4 is 21.6 Å². The van der Waals surface area contributed by atoms with Crippen LogP contribution in [-0.2, 0) is 56.1 Å². The van der Waals surface area contributed by atoms with Crippen LogP contribution in [-0.4, -0.2) is 28.8 Å². The highest BCUT2D eigenvalue weighted by atomic mass is 32.2. The second-order valence-electron chi connectivity index (χ2n) is 17.8. The quantitative estimate of drug-likeness (QED) is 0.127. The molecule has 0 saturated carbocycles. The van der Waals surface area contributed by atoms with Crippen molar-refractivity contribution in [2.45, 2.75) is 137 Å². The van der Waals surface area contributed by atoms with Gasteiger partial charge in [-0.15, -0.1) is 0 Å². The van der Waals surface area contributed by atoms with Crippen LogP contribution in [0.25, 0.3) is 0 Å². The Kier molecular flexibility index (Phi) is 9.45. The minimum absolute atomic E-state index is 0.0540. The fourth-order valence-corrected chi connectivity index (χ4v) is 8.78. The van der Waals surface area contributed by atoms with Gasteiger partial charge in [-0.25, -0.2) is 8.42 Å². The molecular formula is C42H52O6S2. The van der Waals surface area contributed by atoms with Crippen molar-refractivity contribution in [3.8, 4) is 23.0 Å². The predicted octanol–water partition coefficient (Wildman–Crippen LogP) is 9.53. The summed E-state index contributed by atoms with van der Waals surface area (Å²) in [5.74, 6) is -0.754. The molecule has 0 aliphatic carbocycles. The third kappa shape index (κ3) is 7.11. The first-order valence-corrected chi connectivity index (χ1v) is 19.4. The van der Waals surface area contributed by atoms with E-state index in [-0.39, 0.29) is 55.4 Å². The summed E-state index contributed by atoms with van der Waals surface area (Å²) in [6.07, 6.45) is 0.108. The smallest absolute Gasteiger partial charge is 0.135 e. The van der Waals surface area contributed by atoms with Gasteiger partial charge < -0.3 is 20.4 Å². The van der Waals surface area contributed by atoms with E-state index in [2.05, 4.69) is 0 Å². The summed E-state index contributed by atoms with van der Waals surface area (Å²) in [7, 11) is -4.03. The van der Waals surface area contributed by atoms with Gasteiger partial charge >= 0.3 is 0 Å². The fourth-order valence-electron chi connectivity index (χ4n) is 6.15. The summed E-state index contributed by atoms with van der Waals surface area (Å²) in [5.41, 5.74) is 3.50. The van der Waals surface area contributed by atoms with Crippen molar-refractivity contribution in [3.05, 3.63) is 93.0 Å². The standard InChI is InChI=1S/C42H52O6S2/c1-39(2,3)27-15-23-13-24-16-28(40(4,5)6)21-33(36(24)44)50(48)34-22-30(42(10,11)12)18-26(38(34)46)14-25-17-29(41(7,8)9)20-32(37(25)45)49(47)31(19-27)35(23)43/h15-22,43-46H,13-14H2,1-12H3. The minimum atomic E-state index is -2.02. The van der Waals surface area contributed by atoms with Crippen molar-refractivity contribution in [2.75, 3.05) is 0 Å². The summed E-state index contributed by atoms with van der Waals surface area (Å²) in [6.45, 7) is 24.4. The van der Waals surface area contributed by atoms with E-state index in [1.807, 2.05) is 107 Å². The van der Waals surface area contributed by atoms with Crippen LogP contribution in [0.1, 0.15) is 128 Å². The topological polar surface area (TPSA) is 115 Å². The van der Waals surface area contributed by atoms with Crippen LogP contribution in [0.5, 0.6) is 23.0 Å². The van der Waals surface area contributed by atoms with Gasteiger partial charge in [-0.3, -0.25) is 0 Å². The molecule has 50 heavy (non-hydrogen) atoms. The van der Waals surface area contributed by atoms with Crippen LogP contribution in [0.15, 0.2) is 68.1 Å². The largest absolute Gasteiger partial charge is 0.506 e. The van der Waals surface area contributed by atoms with E-state index in [0.717, 1.165) is 22.3 Å². The summed E-state index contributed by atoms with van der Waals surface area (Å²) in [5, 5.41) is 47.5. The van der Waals surface area contributed by atoms with Crippen molar-refractivity contribution < 1.29 is 28.8 Å². The summed E-state index contributed by atoms with van der Waals surface area (Å²) in [4.78, 5) is 0.618. The maximum Gasteiger partial charge on any atom is 0.135 e. The summed E-state index contributed by atoms with van der Waals surface area (Å²) in [6, 6.07) is 14.4. The Morgan fingerprint density at radius 2 is 0.560 bits per heavy atom. The second-order valence-corrected chi connectivity index (χ2v) is 20.7. The number of phenolic OH excluding ortho intramolecular Hbond substituents is 4. The normalized spacial score (nSPS) is 17.1. The highest BCUT2D eigenvalue weighted by molar-refractivity contribution is 7.85. The first-order chi connectivity index (χ1) is 22.8. The number of aromatic hydroxyl groups is 4. The van der Waals surface area contributed by atoms with E-state index in [0.29, 0.717) is 22.3 Å². The van der Waals surface area contributed by atoms with E-state index in [4.69, 9.17) is 0 Å².